The molecule has 0 unspecified atom stereocenters. The average Bonchev–Trinajstić information content (AvgIpc) is 2.60. The molecule has 0 bridgehead atoms. The molecule has 1 aliphatic rings. The largest absolute Gasteiger partial charge is 0.444 e. The van der Waals surface area contributed by atoms with Crippen LogP contribution in [-0.2, 0) is 9.57 Å². The van der Waals surface area contributed by atoms with E-state index in [0.717, 1.165) is 32.1 Å². The number of rotatable bonds is 4. The van der Waals surface area contributed by atoms with E-state index in [2.05, 4.69) is 10.2 Å². The number of amides is 1. The van der Waals surface area contributed by atoms with Crippen molar-refractivity contribution in [1.29, 1.82) is 0 Å². The van der Waals surface area contributed by atoms with Gasteiger partial charge in [0.2, 0.25) is 0 Å². The third-order valence-electron chi connectivity index (χ3n) is 3.03. The molecule has 0 aromatic heterocycles. The summed E-state index contributed by atoms with van der Waals surface area (Å²) < 4.78 is 5.28. The number of hydrogen-bond acceptors (Lipinski definition) is 4. The lowest BCUT2D eigenvalue weighted by Crippen LogP contribution is -2.49. The van der Waals surface area contributed by atoms with E-state index in [9.17, 15) is 4.79 Å². The van der Waals surface area contributed by atoms with Gasteiger partial charge in [0.15, 0.2) is 0 Å². The molecule has 0 atom stereocenters. The molecule has 100 valence electrons. The Morgan fingerprint density at radius 3 is 2.41 bits per heavy atom. The van der Waals surface area contributed by atoms with E-state index in [1.165, 1.54) is 0 Å². The summed E-state index contributed by atoms with van der Waals surface area (Å²) in [5.41, 5.74) is -0.657. The fourth-order valence-electron chi connectivity index (χ4n) is 2.26. The van der Waals surface area contributed by atoms with Gasteiger partial charge in [0.1, 0.15) is 5.60 Å². The second kappa shape index (κ2) is 5.69. The zero-order valence-electron chi connectivity index (χ0n) is 11.0. The Kier molecular flexibility index (Phi) is 4.77. The number of carbonyl (C=O) groups excluding carboxylic acids is 1. The zero-order chi connectivity index (χ0) is 12.9. The fourth-order valence-corrected chi connectivity index (χ4v) is 2.26. The minimum atomic E-state index is -0.464. The second-order valence-corrected chi connectivity index (χ2v) is 5.74. The topological polar surface area (TPSA) is 73.6 Å². The summed E-state index contributed by atoms with van der Waals surface area (Å²) in [6, 6.07) is 0. The number of ether oxygens (including phenoxy) is 1. The summed E-state index contributed by atoms with van der Waals surface area (Å²) >= 11 is 0. The lowest BCUT2D eigenvalue weighted by molar-refractivity contribution is 0.0414. The normalized spacial score (nSPS) is 19.1. The maximum atomic E-state index is 11.8. The molecule has 0 aromatic carbocycles. The quantitative estimate of drug-likeness (QED) is 0.743. The minimum Gasteiger partial charge on any atom is -0.444 e. The average molecular weight is 244 g/mol. The first kappa shape index (κ1) is 14.3. The molecular formula is C12H24N2O3. The Bertz CT molecular complexity index is 255. The number of nitrogens with one attached hydrogen (secondary N) is 1. The predicted molar refractivity (Wildman–Crippen MR) is 65.3 cm³/mol. The molecular weight excluding hydrogens is 220 g/mol. The van der Waals surface area contributed by atoms with Crippen LogP contribution in [0.3, 0.4) is 0 Å². The molecule has 0 heterocycles. The molecule has 0 aromatic rings. The Morgan fingerprint density at radius 2 is 1.94 bits per heavy atom. The van der Waals surface area contributed by atoms with Crippen molar-refractivity contribution in [2.45, 2.75) is 64.0 Å². The molecule has 0 radical (unpaired) electrons. The maximum Gasteiger partial charge on any atom is 0.408 e. The van der Waals surface area contributed by atoms with Gasteiger partial charge in [-0.2, -0.15) is 0 Å². The monoisotopic (exact) mass is 244 g/mol. The van der Waals surface area contributed by atoms with Gasteiger partial charge in [-0.1, -0.05) is 12.8 Å². The zero-order valence-corrected chi connectivity index (χ0v) is 11.0. The van der Waals surface area contributed by atoms with E-state index in [-0.39, 0.29) is 11.6 Å². The Hall–Kier alpha value is -0.810. The smallest absolute Gasteiger partial charge is 0.408 e. The molecule has 0 saturated heterocycles. The summed E-state index contributed by atoms with van der Waals surface area (Å²) in [5.74, 6) is 5.05. The number of nitrogens with two attached hydrogens (primary N) is 1. The molecule has 1 aliphatic carbocycles. The van der Waals surface area contributed by atoms with Crippen LogP contribution in [0, 0.1) is 0 Å². The Labute approximate surface area is 103 Å². The van der Waals surface area contributed by atoms with E-state index < -0.39 is 5.60 Å². The van der Waals surface area contributed by atoms with Crippen LogP contribution >= 0.6 is 0 Å². The highest BCUT2D eigenvalue weighted by atomic mass is 16.6. The van der Waals surface area contributed by atoms with Gasteiger partial charge in [0.05, 0.1) is 6.61 Å². The number of alkyl carbamates (subject to hydrolysis) is 1. The van der Waals surface area contributed by atoms with Crippen LogP contribution in [0.1, 0.15) is 52.9 Å². The maximum absolute atomic E-state index is 11.8. The van der Waals surface area contributed by atoms with Gasteiger partial charge < -0.3 is 14.9 Å². The van der Waals surface area contributed by atoms with E-state index in [4.69, 9.17) is 10.6 Å². The van der Waals surface area contributed by atoms with Crippen LogP contribution in [0.5, 0.6) is 0 Å². The highest BCUT2D eigenvalue weighted by Gasteiger charge is 2.36. The second-order valence-electron chi connectivity index (χ2n) is 5.74. The highest BCUT2D eigenvalue weighted by Crippen LogP contribution is 2.32. The number of hydrogen-bond donors (Lipinski definition) is 2. The van der Waals surface area contributed by atoms with E-state index in [1.807, 2.05) is 20.8 Å². The molecule has 1 fully saturated rings. The standard InChI is InChI=1S/C12H24N2O3/c1-11(2,3)17-10(15)14-12(8-9-16-13)6-4-5-7-12/h4-9,13H2,1-3H3,(H,14,15). The van der Waals surface area contributed by atoms with Crippen LogP contribution in [0.4, 0.5) is 4.79 Å². The van der Waals surface area contributed by atoms with Crippen molar-refractivity contribution in [3.8, 4) is 0 Å². The van der Waals surface area contributed by atoms with Crippen LogP contribution in [0.25, 0.3) is 0 Å². The fraction of sp³-hybridized carbons (Fsp3) is 0.917. The van der Waals surface area contributed by atoms with Gasteiger partial charge >= 0.3 is 6.09 Å². The van der Waals surface area contributed by atoms with E-state index in [0.29, 0.717) is 6.61 Å². The van der Waals surface area contributed by atoms with Crippen LogP contribution < -0.4 is 11.2 Å². The third-order valence-corrected chi connectivity index (χ3v) is 3.03. The Morgan fingerprint density at radius 1 is 1.35 bits per heavy atom. The summed E-state index contributed by atoms with van der Waals surface area (Å²) in [4.78, 5) is 16.4. The first-order valence-corrected chi connectivity index (χ1v) is 6.20. The van der Waals surface area contributed by atoms with E-state index >= 15 is 0 Å². The van der Waals surface area contributed by atoms with Crippen LogP contribution in [0.15, 0.2) is 0 Å². The number of carbonyl (C=O) groups is 1. The summed E-state index contributed by atoms with van der Waals surface area (Å²) in [6.07, 6.45) is 4.57. The van der Waals surface area contributed by atoms with Gasteiger partial charge in [0, 0.05) is 5.54 Å². The SMILES string of the molecule is CC(C)(C)OC(=O)NC1(CCON)CCCC1. The summed E-state index contributed by atoms with van der Waals surface area (Å²) in [7, 11) is 0. The molecule has 5 heteroatoms. The Balaban J connectivity index is 2.52. The van der Waals surface area contributed by atoms with Crippen molar-refractivity contribution in [2.75, 3.05) is 6.61 Å². The van der Waals surface area contributed by atoms with Crippen molar-refractivity contribution in [3.05, 3.63) is 0 Å². The van der Waals surface area contributed by atoms with Crippen molar-refractivity contribution in [1.82, 2.24) is 5.32 Å². The first-order valence-electron chi connectivity index (χ1n) is 6.20. The van der Waals surface area contributed by atoms with Crippen molar-refractivity contribution in [3.63, 3.8) is 0 Å². The lowest BCUT2D eigenvalue weighted by Gasteiger charge is -2.31. The lowest BCUT2D eigenvalue weighted by atomic mass is 9.94. The molecule has 17 heavy (non-hydrogen) atoms. The van der Waals surface area contributed by atoms with Gasteiger partial charge in [0.25, 0.3) is 0 Å². The third kappa shape index (κ3) is 4.91. The molecule has 0 aliphatic heterocycles. The van der Waals surface area contributed by atoms with Gasteiger partial charge in [-0.3, -0.25) is 0 Å². The summed E-state index contributed by atoms with van der Waals surface area (Å²) in [6.45, 7) is 6.03. The van der Waals surface area contributed by atoms with Crippen LogP contribution in [-0.4, -0.2) is 23.8 Å². The molecule has 1 saturated carbocycles. The minimum absolute atomic E-state index is 0.193. The predicted octanol–water partition coefficient (Wildman–Crippen LogP) is 2.10. The first-order chi connectivity index (χ1) is 7.87. The molecule has 1 rings (SSSR count). The van der Waals surface area contributed by atoms with Crippen molar-refractivity contribution >= 4 is 6.09 Å². The van der Waals surface area contributed by atoms with Gasteiger partial charge in [-0.05, 0) is 40.0 Å². The molecule has 5 nitrogen and oxygen atoms in total. The van der Waals surface area contributed by atoms with Crippen molar-refractivity contribution < 1.29 is 14.4 Å². The van der Waals surface area contributed by atoms with Crippen molar-refractivity contribution in [2.24, 2.45) is 5.90 Å². The van der Waals surface area contributed by atoms with E-state index in [1.54, 1.807) is 0 Å². The van der Waals surface area contributed by atoms with Gasteiger partial charge in [-0.25, -0.2) is 10.7 Å². The molecule has 0 spiro atoms. The van der Waals surface area contributed by atoms with Crippen LogP contribution in [0.2, 0.25) is 0 Å². The highest BCUT2D eigenvalue weighted by molar-refractivity contribution is 5.68. The summed E-state index contributed by atoms with van der Waals surface area (Å²) in [5, 5.41) is 2.99. The van der Waals surface area contributed by atoms with Gasteiger partial charge in [-0.15, -0.1) is 0 Å². The molecule has 1 amide bonds. The molecule has 3 N–H and O–H groups in total.